The first-order valence-electron chi connectivity index (χ1n) is 5.65. The van der Waals surface area contributed by atoms with Crippen molar-refractivity contribution in [3.8, 4) is 11.6 Å². The lowest BCUT2D eigenvalue weighted by Crippen LogP contribution is -2.00. The van der Waals surface area contributed by atoms with E-state index in [4.69, 9.17) is 9.84 Å². The molecule has 0 bridgehead atoms. The average Bonchev–Trinajstić information content (AvgIpc) is 2.94. The quantitative estimate of drug-likeness (QED) is 0.671. The van der Waals surface area contributed by atoms with Crippen LogP contribution in [0.25, 0.3) is 0 Å². The highest BCUT2D eigenvalue weighted by Crippen LogP contribution is 2.35. The minimum Gasteiger partial charge on any atom is -0.477 e. The normalized spacial score (nSPS) is 10.5. The number of carboxylic acid groups (broad SMARTS) is 1. The Kier molecular flexibility index (Phi) is 3.70. The Balaban J connectivity index is 2.41. The molecule has 0 aliphatic rings. The van der Waals surface area contributed by atoms with Crippen molar-refractivity contribution in [2.45, 2.75) is 20.4 Å². The minimum absolute atomic E-state index is 0.00439. The number of carboxylic acids is 1. The second-order valence-electron chi connectivity index (χ2n) is 3.87. The lowest BCUT2D eigenvalue weighted by atomic mass is 10.4. The first kappa shape index (κ1) is 14.0. The number of nitro groups is 1. The van der Waals surface area contributed by atoms with Crippen molar-refractivity contribution < 1.29 is 19.6 Å². The highest BCUT2D eigenvalue weighted by molar-refractivity contribution is 7.12. The minimum atomic E-state index is -1.07. The van der Waals surface area contributed by atoms with Crippen LogP contribution in [0, 0.1) is 17.0 Å². The summed E-state index contributed by atoms with van der Waals surface area (Å²) in [6.07, 6.45) is 0. The summed E-state index contributed by atoms with van der Waals surface area (Å²) >= 11 is 0.987. The van der Waals surface area contributed by atoms with Gasteiger partial charge in [-0.2, -0.15) is 5.10 Å². The standard InChI is InChI=1S/C11H11N3O5S/c1-3-13-10(9(14(17)18)6(2)12-13)19-7-4-8(11(15)16)20-5-7/h4-5H,3H2,1-2H3,(H,15,16). The lowest BCUT2D eigenvalue weighted by Gasteiger charge is -2.04. The van der Waals surface area contributed by atoms with Crippen molar-refractivity contribution in [1.29, 1.82) is 0 Å². The number of aromatic nitrogens is 2. The van der Waals surface area contributed by atoms with E-state index in [2.05, 4.69) is 5.10 Å². The monoisotopic (exact) mass is 297 g/mol. The van der Waals surface area contributed by atoms with Crippen molar-refractivity contribution in [2.24, 2.45) is 0 Å². The number of thiophene rings is 1. The second kappa shape index (κ2) is 5.29. The Morgan fingerprint density at radius 3 is 2.85 bits per heavy atom. The van der Waals surface area contributed by atoms with Crippen LogP contribution in [-0.2, 0) is 6.54 Å². The molecule has 0 aliphatic carbocycles. The predicted octanol–water partition coefficient (Wildman–Crippen LogP) is 2.67. The van der Waals surface area contributed by atoms with Gasteiger partial charge < -0.3 is 9.84 Å². The van der Waals surface area contributed by atoms with Gasteiger partial charge in [-0.25, -0.2) is 9.48 Å². The molecule has 1 N–H and O–H groups in total. The summed E-state index contributed by atoms with van der Waals surface area (Å²) in [6.45, 7) is 3.70. The maximum Gasteiger partial charge on any atom is 0.353 e. The van der Waals surface area contributed by atoms with Crippen LogP contribution < -0.4 is 4.74 Å². The molecule has 0 spiro atoms. The maximum atomic E-state index is 11.1. The van der Waals surface area contributed by atoms with E-state index < -0.39 is 10.9 Å². The van der Waals surface area contributed by atoms with E-state index in [-0.39, 0.29) is 27.9 Å². The summed E-state index contributed by atoms with van der Waals surface area (Å²) in [5.41, 5.74) is 0.0375. The molecule has 8 nitrogen and oxygen atoms in total. The number of aromatic carboxylic acids is 1. The fourth-order valence-corrected chi connectivity index (χ4v) is 2.32. The van der Waals surface area contributed by atoms with Crippen molar-refractivity contribution in [3.63, 3.8) is 0 Å². The molecule has 2 aromatic rings. The van der Waals surface area contributed by atoms with Gasteiger partial charge >= 0.3 is 11.7 Å². The van der Waals surface area contributed by atoms with Crippen LogP contribution >= 0.6 is 11.3 Å². The van der Waals surface area contributed by atoms with Gasteiger partial charge in [0.1, 0.15) is 16.3 Å². The van der Waals surface area contributed by atoms with Gasteiger partial charge in [-0.1, -0.05) is 0 Å². The van der Waals surface area contributed by atoms with E-state index in [1.54, 1.807) is 6.92 Å². The number of ether oxygens (including phenoxy) is 1. The molecule has 0 saturated carbocycles. The van der Waals surface area contributed by atoms with Gasteiger partial charge in [0.25, 0.3) is 5.88 Å². The Hall–Kier alpha value is -2.42. The first-order valence-corrected chi connectivity index (χ1v) is 6.53. The van der Waals surface area contributed by atoms with Crippen LogP contribution in [0.4, 0.5) is 5.69 Å². The van der Waals surface area contributed by atoms with Gasteiger partial charge in [-0.3, -0.25) is 10.1 Å². The molecule has 9 heteroatoms. The van der Waals surface area contributed by atoms with Gasteiger partial charge in [-0.05, 0) is 13.8 Å². The third-order valence-corrected chi connectivity index (χ3v) is 3.43. The zero-order chi connectivity index (χ0) is 14.9. The summed E-state index contributed by atoms with van der Waals surface area (Å²) in [5, 5.41) is 25.4. The summed E-state index contributed by atoms with van der Waals surface area (Å²) in [5.74, 6) is -0.825. The largest absolute Gasteiger partial charge is 0.477 e. The Morgan fingerprint density at radius 1 is 1.65 bits per heavy atom. The number of carbonyl (C=O) groups is 1. The Bertz CT molecular complexity index is 676. The molecule has 0 aromatic carbocycles. The first-order chi connectivity index (χ1) is 9.43. The number of aryl methyl sites for hydroxylation is 2. The van der Waals surface area contributed by atoms with E-state index in [0.29, 0.717) is 6.54 Å². The molecule has 0 saturated heterocycles. The van der Waals surface area contributed by atoms with E-state index >= 15 is 0 Å². The van der Waals surface area contributed by atoms with Crippen molar-refractivity contribution in [3.05, 3.63) is 32.1 Å². The molecule has 20 heavy (non-hydrogen) atoms. The van der Waals surface area contributed by atoms with E-state index in [9.17, 15) is 14.9 Å². The molecule has 0 unspecified atom stereocenters. The average molecular weight is 297 g/mol. The van der Waals surface area contributed by atoms with Crippen LogP contribution in [0.3, 0.4) is 0 Å². The molecule has 106 valence electrons. The molecule has 0 amide bonds. The summed E-state index contributed by atoms with van der Waals surface area (Å²) in [6, 6.07) is 1.32. The van der Waals surface area contributed by atoms with Gasteiger partial charge in [-0.15, -0.1) is 11.3 Å². The number of hydrogen-bond acceptors (Lipinski definition) is 6. The second-order valence-corrected chi connectivity index (χ2v) is 4.78. The summed E-state index contributed by atoms with van der Waals surface area (Å²) in [7, 11) is 0. The predicted molar refractivity (Wildman–Crippen MR) is 70.6 cm³/mol. The Morgan fingerprint density at radius 2 is 2.35 bits per heavy atom. The van der Waals surface area contributed by atoms with E-state index in [1.165, 1.54) is 23.1 Å². The number of rotatable bonds is 5. The highest BCUT2D eigenvalue weighted by atomic mass is 32.1. The topological polar surface area (TPSA) is 107 Å². The fourth-order valence-electron chi connectivity index (χ4n) is 1.67. The molecule has 2 aromatic heterocycles. The fraction of sp³-hybridized carbons (Fsp3) is 0.273. The van der Waals surface area contributed by atoms with Crippen molar-refractivity contribution >= 4 is 23.0 Å². The molecule has 2 rings (SSSR count). The van der Waals surface area contributed by atoms with Crippen LogP contribution in [0.1, 0.15) is 22.3 Å². The van der Waals surface area contributed by atoms with Crippen molar-refractivity contribution in [2.75, 3.05) is 0 Å². The third-order valence-electron chi connectivity index (χ3n) is 2.53. The van der Waals surface area contributed by atoms with Gasteiger partial charge in [0.05, 0.1) is 4.92 Å². The molecule has 0 fully saturated rings. The summed E-state index contributed by atoms with van der Waals surface area (Å²) in [4.78, 5) is 21.4. The van der Waals surface area contributed by atoms with Gasteiger partial charge in [0.2, 0.25) is 0 Å². The number of hydrogen-bond donors (Lipinski definition) is 1. The third kappa shape index (κ3) is 2.48. The zero-order valence-corrected chi connectivity index (χ0v) is 11.5. The zero-order valence-electron chi connectivity index (χ0n) is 10.7. The SMILES string of the molecule is CCn1nc(C)c([N+](=O)[O-])c1Oc1csc(C(=O)O)c1. The van der Waals surface area contributed by atoms with E-state index in [0.717, 1.165) is 11.3 Å². The molecule has 0 aliphatic heterocycles. The van der Waals surface area contributed by atoms with Crippen LogP contribution in [0.2, 0.25) is 0 Å². The van der Waals surface area contributed by atoms with Crippen LogP contribution in [0.15, 0.2) is 11.4 Å². The lowest BCUT2D eigenvalue weighted by molar-refractivity contribution is -0.386. The maximum absolute atomic E-state index is 11.1. The van der Waals surface area contributed by atoms with Crippen LogP contribution in [0.5, 0.6) is 11.6 Å². The molecular weight excluding hydrogens is 286 g/mol. The molecule has 0 radical (unpaired) electrons. The molecule has 0 atom stereocenters. The highest BCUT2D eigenvalue weighted by Gasteiger charge is 2.27. The van der Waals surface area contributed by atoms with Crippen molar-refractivity contribution in [1.82, 2.24) is 9.78 Å². The van der Waals surface area contributed by atoms with Gasteiger partial charge in [0, 0.05) is 18.0 Å². The molecular formula is C11H11N3O5S. The van der Waals surface area contributed by atoms with Gasteiger partial charge in [0.15, 0.2) is 0 Å². The van der Waals surface area contributed by atoms with E-state index in [1.807, 2.05) is 0 Å². The number of nitrogens with zero attached hydrogens (tertiary/aromatic N) is 3. The Labute approximate surface area is 117 Å². The smallest absolute Gasteiger partial charge is 0.353 e. The summed E-state index contributed by atoms with van der Waals surface area (Å²) < 4.78 is 6.82. The van der Waals surface area contributed by atoms with Crippen LogP contribution in [-0.4, -0.2) is 25.8 Å². The molecule has 2 heterocycles.